The van der Waals surface area contributed by atoms with Crippen molar-refractivity contribution in [3.8, 4) is 29.1 Å². The van der Waals surface area contributed by atoms with Crippen LogP contribution in [-0.2, 0) is 0 Å². The molecule has 1 aromatic heterocycles. The summed E-state index contributed by atoms with van der Waals surface area (Å²) in [6.45, 7) is -0.0584. The quantitative estimate of drug-likeness (QED) is 0.173. The summed E-state index contributed by atoms with van der Waals surface area (Å²) in [4.78, 5) is 0. The van der Waals surface area contributed by atoms with E-state index >= 15 is 0 Å². The van der Waals surface area contributed by atoms with Crippen molar-refractivity contribution < 1.29 is 4.74 Å². The molecule has 0 fully saturated rings. The lowest BCUT2D eigenvalue weighted by Gasteiger charge is -2.17. The first-order chi connectivity index (χ1) is 18.6. The van der Waals surface area contributed by atoms with Crippen LogP contribution >= 0.6 is 23.8 Å². The van der Waals surface area contributed by atoms with E-state index in [-0.39, 0.29) is 23.0 Å². The Bertz CT molecular complexity index is 1530. The number of anilines is 3. The average Bonchev–Trinajstić information content (AvgIpc) is 2.94. The molecule has 3 aromatic carbocycles. The molecule has 0 atom stereocenters. The van der Waals surface area contributed by atoms with E-state index in [1.807, 2.05) is 60.7 Å². The maximum Gasteiger partial charge on any atom is 0.176 e. The Morgan fingerprint density at radius 2 is 1.53 bits per heavy atom. The molecule has 8 nitrogen and oxygen atoms in total. The Labute approximate surface area is 230 Å². The van der Waals surface area contributed by atoms with Crippen LogP contribution in [0.4, 0.5) is 17.2 Å². The average molecular weight is 538 g/mol. The molecule has 0 radical (unpaired) electrons. The number of hydrogen-bond acceptors (Lipinski definition) is 7. The van der Waals surface area contributed by atoms with Crippen LogP contribution in [0.5, 0.6) is 5.75 Å². The zero-order valence-electron chi connectivity index (χ0n) is 19.9. The zero-order chi connectivity index (χ0) is 26.7. The van der Waals surface area contributed by atoms with Gasteiger partial charge in [0.1, 0.15) is 24.5 Å². The van der Waals surface area contributed by atoms with Crippen molar-refractivity contribution in [1.29, 1.82) is 10.5 Å². The summed E-state index contributed by atoms with van der Waals surface area (Å²) >= 11 is 11.5. The predicted molar refractivity (Wildman–Crippen MR) is 153 cm³/mol. The molecule has 0 bridgehead atoms. The van der Waals surface area contributed by atoms with Gasteiger partial charge < -0.3 is 20.7 Å². The molecule has 0 aliphatic carbocycles. The number of rotatable bonds is 8. The van der Waals surface area contributed by atoms with Gasteiger partial charge in [-0.3, -0.25) is 0 Å². The molecule has 186 valence electrons. The summed E-state index contributed by atoms with van der Waals surface area (Å²) < 4.78 is 5.77. The van der Waals surface area contributed by atoms with E-state index in [1.165, 1.54) is 0 Å². The van der Waals surface area contributed by atoms with Crippen LogP contribution in [0.1, 0.15) is 0 Å². The van der Waals surface area contributed by atoms with Gasteiger partial charge in [0.2, 0.25) is 0 Å². The second-order valence-electron chi connectivity index (χ2n) is 7.74. The third-order valence-electron chi connectivity index (χ3n) is 5.14. The molecule has 0 unspecified atom stereocenters. The lowest BCUT2D eigenvalue weighted by atomic mass is 10.1. The summed E-state index contributed by atoms with van der Waals surface area (Å²) in [6, 6.07) is 31.3. The van der Waals surface area contributed by atoms with Gasteiger partial charge in [0.15, 0.2) is 16.5 Å². The molecule has 10 heteroatoms. The number of thiocarbonyl (C=S) groups is 1. The summed E-state index contributed by atoms with van der Waals surface area (Å²) in [7, 11) is 0. The van der Waals surface area contributed by atoms with Gasteiger partial charge in [-0.25, -0.2) is 0 Å². The molecular formula is C28H20ClN7OS. The molecule has 38 heavy (non-hydrogen) atoms. The number of aromatic nitrogens is 2. The van der Waals surface area contributed by atoms with Gasteiger partial charge in [-0.15, -0.1) is 10.2 Å². The Hall–Kier alpha value is -4.96. The first-order valence-electron chi connectivity index (χ1n) is 11.3. The van der Waals surface area contributed by atoms with Crippen molar-refractivity contribution in [3.05, 3.63) is 107 Å². The van der Waals surface area contributed by atoms with Gasteiger partial charge in [-0.2, -0.15) is 10.5 Å². The highest BCUT2D eigenvalue weighted by Gasteiger charge is 2.12. The molecule has 0 aliphatic heterocycles. The monoisotopic (exact) mass is 537 g/mol. The molecule has 0 amide bonds. The van der Waals surface area contributed by atoms with Crippen molar-refractivity contribution in [1.82, 2.24) is 10.2 Å². The smallest absolute Gasteiger partial charge is 0.176 e. The minimum absolute atomic E-state index is 0.0584. The highest BCUT2D eigenvalue weighted by Crippen LogP contribution is 2.25. The fourth-order valence-electron chi connectivity index (χ4n) is 3.34. The number of nitriles is 2. The molecule has 0 saturated carbocycles. The summed E-state index contributed by atoms with van der Waals surface area (Å²) in [5.74, 6) is 0.975. The number of ether oxygens (including phenoxy) is 1. The lowest BCUT2D eigenvalue weighted by Crippen LogP contribution is -2.21. The first kappa shape index (κ1) is 26.1. The van der Waals surface area contributed by atoms with Gasteiger partial charge in [-0.1, -0.05) is 60.1 Å². The van der Waals surface area contributed by atoms with Crippen LogP contribution in [0.15, 0.2) is 102 Å². The molecule has 1 heterocycles. The van der Waals surface area contributed by atoms with E-state index in [2.05, 4.69) is 26.1 Å². The van der Waals surface area contributed by atoms with Crippen LogP contribution in [0.2, 0.25) is 5.02 Å². The normalized spacial score (nSPS) is 9.87. The highest BCUT2D eigenvalue weighted by molar-refractivity contribution is 7.80. The molecule has 0 spiro atoms. The third-order valence-corrected chi connectivity index (χ3v) is 5.58. The van der Waals surface area contributed by atoms with Crippen LogP contribution in [-0.4, -0.2) is 21.9 Å². The van der Waals surface area contributed by atoms with E-state index in [9.17, 15) is 10.5 Å². The Morgan fingerprint density at radius 1 is 0.816 bits per heavy atom. The number of halogens is 1. The van der Waals surface area contributed by atoms with Gasteiger partial charge >= 0.3 is 0 Å². The van der Waals surface area contributed by atoms with Gasteiger partial charge in [0.25, 0.3) is 0 Å². The fourth-order valence-corrected chi connectivity index (χ4v) is 3.73. The minimum Gasteiger partial charge on any atom is -0.487 e. The predicted octanol–water partition coefficient (Wildman–Crippen LogP) is 6.40. The number of hydrogen-bond donors (Lipinski definition) is 3. The van der Waals surface area contributed by atoms with Gasteiger partial charge in [-0.05, 0) is 54.7 Å². The SMILES string of the molecule is N#CC(C#N)=C(COc1cccc(Cl)c1)Nc1ccccc1NC(=S)Nc1ccc(-c2ccccc2)nn1. The molecule has 0 aliphatic rings. The fraction of sp³-hybridized carbons (Fsp3) is 0.0357. The third kappa shape index (κ3) is 7.05. The highest BCUT2D eigenvalue weighted by atomic mass is 35.5. The zero-order valence-corrected chi connectivity index (χ0v) is 21.4. The first-order valence-corrected chi connectivity index (χ1v) is 12.1. The van der Waals surface area contributed by atoms with Crippen LogP contribution in [0.25, 0.3) is 11.3 Å². The standard InChI is InChI=1S/C28H20ClN7OS/c29-21-9-6-10-22(15-21)37-18-26(20(16-30)17-31)32-24-11-4-5-12-25(24)33-28(38)34-27-14-13-23(35-36-27)19-7-2-1-3-8-19/h1-15,32H,18H2,(H2,33,34,36,38). The maximum atomic E-state index is 9.48. The number of nitrogens with one attached hydrogen (secondary N) is 3. The lowest BCUT2D eigenvalue weighted by molar-refractivity contribution is 0.353. The van der Waals surface area contributed by atoms with Crippen molar-refractivity contribution >= 4 is 46.1 Å². The summed E-state index contributed by atoms with van der Waals surface area (Å²) in [6.07, 6.45) is 0. The number of para-hydroxylation sites is 2. The second-order valence-corrected chi connectivity index (χ2v) is 8.59. The maximum absolute atomic E-state index is 9.48. The number of allylic oxidation sites excluding steroid dienone is 1. The molecular weight excluding hydrogens is 518 g/mol. The van der Waals surface area contributed by atoms with Crippen LogP contribution in [0.3, 0.4) is 0 Å². The van der Waals surface area contributed by atoms with Gasteiger partial charge in [0, 0.05) is 10.6 Å². The molecule has 0 saturated heterocycles. The van der Waals surface area contributed by atoms with Crippen molar-refractivity contribution in [2.24, 2.45) is 0 Å². The Balaban J connectivity index is 1.46. The Kier molecular flexibility index (Phi) is 8.82. The second kappa shape index (κ2) is 12.8. The summed E-state index contributed by atoms with van der Waals surface area (Å²) in [5.41, 5.74) is 3.06. The summed E-state index contributed by atoms with van der Waals surface area (Å²) in [5, 5.41) is 37.5. The largest absolute Gasteiger partial charge is 0.487 e. The van der Waals surface area contributed by atoms with Crippen LogP contribution < -0.4 is 20.7 Å². The molecule has 4 rings (SSSR count). The van der Waals surface area contributed by atoms with E-state index in [0.29, 0.717) is 28.0 Å². The molecule has 4 aromatic rings. The minimum atomic E-state index is -0.115. The number of nitrogens with zero attached hydrogens (tertiary/aromatic N) is 4. The Morgan fingerprint density at radius 3 is 2.18 bits per heavy atom. The van der Waals surface area contributed by atoms with Crippen molar-refractivity contribution in [2.75, 3.05) is 22.6 Å². The van der Waals surface area contributed by atoms with Gasteiger partial charge in [0.05, 0.1) is 22.8 Å². The van der Waals surface area contributed by atoms with Crippen LogP contribution in [0, 0.1) is 22.7 Å². The van der Waals surface area contributed by atoms with E-state index in [0.717, 1.165) is 11.3 Å². The van der Waals surface area contributed by atoms with E-state index in [4.69, 9.17) is 28.6 Å². The van der Waals surface area contributed by atoms with Crippen molar-refractivity contribution in [3.63, 3.8) is 0 Å². The van der Waals surface area contributed by atoms with Crippen molar-refractivity contribution in [2.45, 2.75) is 0 Å². The van der Waals surface area contributed by atoms with E-state index in [1.54, 1.807) is 42.5 Å². The van der Waals surface area contributed by atoms with E-state index < -0.39 is 0 Å². The topological polar surface area (TPSA) is 119 Å². The molecule has 3 N–H and O–H groups in total. The number of benzene rings is 3.